The summed E-state index contributed by atoms with van der Waals surface area (Å²) < 4.78 is 1.93. The first-order chi connectivity index (χ1) is 7.36. The molecule has 3 aromatic rings. The van der Waals surface area contributed by atoms with Crippen molar-refractivity contribution in [2.24, 2.45) is 0 Å². The molecule has 0 bridgehead atoms. The second-order valence-corrected chi connectivity index (χ2v) is 4.10. The van der Waals surface area contributed by atoms with Crippen LogP contribution in [0.3, 0.4) is 0 Å². The molecule has 0 atom stereocenters. The van der Waals surface area contributed by atoms with Crippen LogP contribution in [0.5, 0.6) is 0 Å². The van der Waals surface area contributed by atoms with Gasteiger partial charge in [-0.2, -0.15) is 0 Å². The first kappa shape index (κ1) is 8.43. The molecule has 0 spiro atoms. The fourth-order valence-corrected chi connectivity index (χ4v) is 2.17. The Labute approximate surface area is 90.0 Å². The Morgan fingerprint density at radius 3 is 2.93 bits per heavy atom. The number of fused-ring (bicyclic) bond motifs is 1. The van der Waals surface area contributed by atoms with Crippen molar-refractivity contribution in [3.63, 3.8) is 0 Å². The summed E-state index contributed by atoms with van der Waals surface area (Å²) in [6, 6.07) is 7.76. The standard InChI is InChI=1S/C10H8N4S/c11-9-7(4-6-15-9)10-13-12-8-3-1-2-5-14(8)10/h1-6H,11H2. The van der Waals surface area contributed by atoms with Gasteiger partial charge in [-0.25, -0.2) is 0 Å². The van der Waals surface area contributed by atoms with Crippen LogP contribution in [0.25, 0.3) is 17.0 Å². The predicted molar refractivity (Wildman–Crippen MR) is 60.7 cm³/mol. The number of hydrogen-bond donors (Lipinski definition) is 1. The zero-order chi connectivity index (χ0) is 10.3. The molecule has 0 amide bonds. The van der Waals surface area contributed by atoms with Crippen LogP contribution < -0.4 is 5.73 Å². The minimum atomic E-state index is 0.771. The van der Waals surface area contributed by atoms with Gasteiger partial charge >= 0.3 is 0 Å². The van der Waals surface area contributed by atoms with E-state index >= 15 is 0 Å². The molecule has 0 radical (unpaired) electrons. The van der Waals surface area contributed by atoms with Gasteiger partial charge in [0.1, 0.15) is 0 Å². The van der Waals surface area contributed by atoms with Gasteiger partial charge in [0.15, 0.2) is 11.5 Å². The van der Waals surface area contributed by atoms with Gasteiger partial charge in [0.25, 0.3) is 0 Å². The second-order valence-electron chi connectivity index (χ2n) is 3.15. The summed E-state index contributed by atoms with van der Waals surface area (Å²) in [6.45, 7) is 0. The van der Waals surface area contributed by atoms with Crippen molar-refractivity contribution < 1.29 is 0 Å². The lowest BCUT2D eigenvalue weighted by atomic mass is 10.3. The van der Waals surface area contributed by atoms with E-state index < -0.39 is 0 Å². The summed E-state index contributed by atoms with van der Waals surface area (Å²) in [4.78, 5) is 0. The Hall–Kier alpha value is -1.88. The number of thiophene rings is 1. The number of rotatable bonds is 1. The van der Waals surface area contributed by atoms with Gasteiger partial charge in [-0.1, -0.05) is 6.07 Å². The van der Waals surface area contributed by atoms with Crippen molar-refractivity contribution in [1.82, 2.24) is 14.6 Å². The highest BCUT2D eigenvalue weighted by atomic mass is 32.1. The summed E-state index contributed by atoms with van der Waals surface area (Å²) >= 11 is 1.51. The maximum absolute atomic E-state index is 5.86. The monoisotopic (exact) mass is 216 g/mol. The Balaban J connectivity index is 2.32. The van der Waals surface area contributed by atoms with Crippen molar-refractivity contribution in [1.29, 1.82) is 0 Å². The van der Waals surface area contributed by atoms with Gasteiger partial charge in [0, 0.05) is 6.20 Å². The van der Waals surface area contributed by atoms with Crippen LogP contribution in [0.2, 0.25) is 0 Å². The van der Waals surface area contributed by atoms with Crippen LogP contribution in [-0.2, 0) is 0 Å². The molecule has 0 aliphatic heterocycles. The molecule has 3 rings (SSSR count). The van der Waals surface area contributed by atoms with Crippen LogP contribution in [-0.4, -0.2) is 14.6 Å². The van der Waals surface area contributed by atoms with E-state index in [0.717, 1.165) is 22.0 Å². The average molecular weight is 216 g/mol. The van der Waals surface area contributed by atoms with Crippen molar-refractivity contribution in [2.45, 2.75) is 0 Å². The second kappa shape index (κ2) is 3.06. The van der Waals surface area contributed by atoms with E-state index in [0.29, 0.717) is 0 Å². The van der Waals surface area contributed by atoms with E-state index in [1.54, 1.807) is 0 Å². The molecule has 74 valence electrons. The summed E-state index contributed by atoms with van der Waals surface area (Å²) in [6.07, 6.45) is 1.93. The van der Waals surface area contributed by atoms with Crippen LogP contribution in [0.15, 0.2) is 35.8 Å². The molecular formula is C10H8N4S. The summed E-state index contributed by atoms with van der Waals surface area (Å²) in [5.41, 5.74) is 7.64. The fourth-order valence-electron chi connectivity index (χ4n) is 1.53. The molecule has 3 aromatic heterocycles. The quantitative estimate of drug-likeness (QED) is 0.677. The molecule has 5 heteroatoms. The molecular weight excluding hydrogens is 208 g/mol. The smallest absolute Gasteiger partial charge is 0.171 e. The Kier molecular flexibility index (Phi) is 1.72. The van der Waals surface area contributed by atoms with Crippen molar-refractivity contribution in [3.8, 4) is 11.4 Å². The third-order valence-electron chi connectivity index (χ3n) is 2.25. The number of nitrogens with two attached hydrogens (primary N) is 1. The first-order valence-electron chi connectivity index (χ1n) is 4.49. The van der Waals surface area contributed by atoms with E-state index in [9.17, 15) is 0 Å². The lowest BCUT2D eigenvalue weighted by Gasteiger charge is -1.97. The SMILES string of the molecule is Nc1sccc1-c1nnc2ccccn12. The maximum Gasteiger partial charge on any atom is 0.171 e. The van der Waals surface area contributed by atoms with Crippen molar-refractivity contribution in [3.05, 3.63) is 35.8 Å². The van der Waals surface area contributed by atoms with Gasteiger partial charge in [-0.3, -0.25) is 4.40 Å². The van der Waals surface area contributed by atoms with E-state index in [4.69, 9.17) is 5.73 Å². The van der Waals surface area contributed by atoms with Crippen LogP contribution in [0, 0.1) is 0 Å². The lowest BCUT2D eigenvalue weighted by Crippen LogP contribution is -1.90. The van der Waals surface area contributed by atoms with Crippen LogP contribution in [0.1, 0.15) is 0 Å². The molecule has 0 fully saturated rings. The zero-order valence-electron chi connectivity index (χ0n) is 7.79. The van der Waals surface area contributed by atoms with Crippen LogP contribution in [0.4, 0.5) is 5.00 Å². The third kappa shape index (κ3) is 1.20. The van der Waals surface area contributed by atoms with E-state index in [1.807, 2.05) is 40.2 Å². The number of nitrogen functional groups attached to an aromatic ring is 1. The Morgan fingerprint density at radius 1 is 1.20 bits per heavy atom. The normalized spacial score (nSPS) is 10.9. The molecule has 4 nitrogen and oxygen atoms in total. The van der Waals surface area contributed by atoms with E-state index in [1.165, 1.54) is 11.3 Å². The fraction of sp³-hybridized carbons (Fsp3) is 0. The molecule has 0 unspecified atom stereocenters. The van der Waals surface area contributed by atoms with Gasteiger partial charge in [0.2, 0.25) is 0 Å². The number of anilines is 1. The highest BCUT2D eigenvalue weighted by Gasteiger charge is 2.10. The van der Waals surface area contributed by atoms with E-state index in [-0.39, 0.29) is 0 Å². The van der Waals surface area contributed by atoms with Gasteiger partial charge in [-0.05, 0) is 23.6 Å². The average Bonchev–Trinajstić information content (AvgIpc) is 2.83. The molecule has 3 heterocycles. The van der Waals surface area contributed by atoms with Crippen LogP contribution >= 0.6 is 11.3 Å². The lowest BCUT2D eigenvalue weighted by molar-refractivity contribution is 1.11. The van der Waals surface area contributed by atoms with Gasteiger partial charge < -0.3 is 5.73 Å². The summed E-state index contributed by atoms with van der Waals surface area (Å²) in [5.74, 6) is 0.796. The summed E-state index contributed by atoms with van der Waals surface area (Å²) in [7, 11) is 0. The Morgan fingerprint density at radius 2 is 2.13 bits per heavy atom. The third-order valence-corrected chi connectivity index (χ3v) is 3.00. The topological polar surface area (TPSA) is 56.2 Å². The molecule has 2 N–H and O–H groups in total. The molecule has 0 aliphatic carbocycles. The Bertz CT molecular complexity index is 610. The van der Waals surface area contributed by atoms with Crippen molar-refractivity contribution >= 4 is 22.0 Å². The van der Waals surface area contributed by atoms with Gasteiger partial charge in [0.05, 0.1) is 10.6 Å². The number of pyridine rings is 1. The number of nitrogens with zero attached hydrogens (tertiary/aromatic N) is 3. The molecule has 15 heavy (non-hydrogen) atoms. The maximum atomic E-state index is 5.86. The first-order valence-corrected chi connectivity index (χ1v) is 5.37. The number of hydrogen-bond acceptors (Lipinski definition) is 4. The zero-order valence-corrected chi connectivity index (χ0v) is 8.61. The predicted octanol–water partition coefficient (Wildman–Crippen LogP) is 2.04. The summed E-state index contributed by atoms with van der Waals surface area (Å²) in [5, 5.41) is 10.9. The van der Waals surface area contributed by atoms with E-state index in [2.05, 4.69) is 10.2 Å². The minimum Gasteiger partial charge on any atom is -0.390 e. The molecule has 0 aliphatic rings. The minimum absolute atomic E-state index is 0.771. The molecule has 0 aromatic carbocycles. The molecule has 0 saturated heterocycles. The highest BCUT2D eigenvalue weighted by Crippen LogP contribution is 2.29. The number of aromatic nitrogens is 3. The van der Waals surface area contributed by atoms with Crippen molar-refractivity contribution in [2.75, 3.05) is 5.73 Å². The molecule has 0 saturated carbocycles. The highest BCUT2D eigenvalue weighted by molar-refractivity contribution is 7.14. The largest absolute Gasteiger partial charge is 0.390 e. The van der Waals surface area contributed by atoms with Gasteiger partial charge in [-0.15, -0.1) is 21.5 Å².